The Morgan fingerprint density at radius 3 is 2.81 bits per heavy atom. The Bertz CT molecular complexity index is 624. The zero-order chi connectivity index (χ0) is 15.6. The van der Waals surface area contributed by atoms with Crippen LogP contribution in [-0.2, 0) is 10.0 Å². The van der Waals surface area contributed by atoms with Gasteiger partial charge in [-0.2, -0.15) is 0 Å². The maximum Gasteiger partial charge on any atom is 0.244 e. The van der Waals surface area contributed by atoms with Crippen molar-refractivity contribution >= 4 is 37.6 Å². The van der Waals surface area contributed by atoms with Crippen molar-refractivity contribution in [1.82, 2.24) is 10.0 Å². The van der Waals surface area contributed by atoms with Gasteiger partial charge in [-0.05, 0) is 54.4 Å². The molecule has 0 amide bonds. The molecular weight excluding hydrogens is 380 g/mol. The quantitative estimate of drug-likeness (QED) is 0.819. The average Bonchev–Trinajstić information content (AvgIpc) is 2.37. The van der Waals surface area contributed by atoms with Crippen molar-refractivity contribution < 1.29 is 13.2 Å². The van der Waals surface area contributed by atoms with E-state index >= 15 is 0 Å². The molecule has 1 saturated heterocycles. The molecule has 2 unspecified atom stereocenters. The van der Waals surface area contributed by atoms with Crippen LogP contribution in [0.5, 0.6) is 5.75 Å². The molecule has 1 aliphatic heterocycles. The Kier molecular flexibility index (Phi) is 5.54. The monoisotopic (exact) mass is 396 g/mol. The first-order chi connectivity index (χ1) is 9.83. The van der Waals surface area contributed by atoms with E-state index in [-0.39, 0.29) is 16.7 Å². The number of ether oxygens (including phenoxy) is 1. The van der Waals surface area contributed by atoms with E-state index in [1.807, 2.05) is 6.92 Å². The summed E-state index contributed by atoms with van der Waals surface area (Å²) in [7, 11) is -2.26. The van der Waals surface area contributed by atoms with Crippen LogP contribution in [-0.4, -0.2) is 34.2 Å². The fourth-order valence-corrected chi connectivity index (χ4v) is 5.12. The van der Waals surface area contributed by atoms with Crippen molar-refractivity contribution in [3.05, 3.63) is 21.6 Å². The molecule has 0 saturated carbocycles. The van der Waals surface area contributed by atoms with Crippen LogP contribution in [0.25, 0.3) is 0 Å². The number of benzene rings is 1. The SMILES string of the molecule is COc1c(Br)cc(Cl)cc1S(=O)(=O)NC1CCNC(C)C1. The second kappa shape index (κ2) is 6.83. The molecule has 2 N–H and O–H groups in total. The summed E-state index contributed by atoms with van der Waals surface area (Å²) >= 11 is 9.24. The second-order valence-corrected chi connectivity index (χ2v) is 8.09. The minimum absolute atomic E-state index is 0.0514. The fourth-order valence-electron chi connectivity index (χ4n) is 2.46. The van der Waals surface area contributed by atoms with Gasteiger partial charge in [-0.25, -0.2) is 13.1 Å². The van der Waals surface area contributed by atoms with Crippen molar-refractivity contribution in [1.29, 1.82) is 0 Å². The highest BCUT2D eigenvalue weighted by molar-refractivity contribution is 9.10. The molecule has 1 heterocycles. The summed E-state index contributed by atoms with van der Waals surface area (Å²) in [6.07, 6.45) is 1.51. The lowest BCUT2D eigenvalue weighted by Crippen LogP contribution is -2.46. The van der Waals surface area contributed by atoms with Gasteiger partial charge in [-0.3, -0.25) is 0 Å². The third-order valence-electron chi connectivity index (χ3n) is 3.41. The molecule has 0 radical (unpaired) electrons. The average molecular weight is 398 g/mol. The standard InChI is InChI=1S/C13H18BrClN2O3S/c1-8-5-10(3-4-16-8)17-21(18,19)12-7-9(15)6-11(14)13(12)20-2/h6-8,10,16-17H,3-5H2,1-2H3. The summed E-state index contributed by atoms with van der Waals surface area (Å²) in [4.78, 5) is 0.0514. The number of methoxy groups -OCH3 is 1. The van der Waals surface area contributed by atoms with Crippen molar-refractivity contribution in [2.45, 2.75) is 36.7 Å². The zero-order valence-electron chi connectivity index (χ0n) is 11.8. The third kappa shape index (κ3) is 4.10. The van der Waals surface area contributed by atoms with Gasteiger partial charge in [0.1, 0.15) is 4.90 Å². The first-order valence-corrected chi connectivity index (χ1v) is 9.27. The topological polar surface area (TPSA) is 67.4 Å². The van der Waals surface area contributed by atoms with Crippen LogP contribution in [0, 0.1) is 0 Å². The molecule has 1 aliphatic rings. The molecule has 0 aromatic heterocycles. The van der Waals surface area contributed by atoms with E-state index in [1.54, 1.807) is 6.07 Å². The van der Waals surface area contributed by atoms with E-state index in [0.29, 0.717) is 15.5 Å². The molecular formula is C13H18BrClN2O3S. The lowest BCUT2D eigenvalue weighted by Gasteiger charge is -2.28. The lowest BCUT2D eigenvalue weighted by molar-refractivity contribution is 0.360. The van der Waals surface area contributed by atoms with Gasteiger partial charge >= 0.3 is 0 Å². The summed E-state index contributed by atoms with van der Waals surface area (Å²) in [6.45, 7) is 2.84. The number of halogens is 2. The molecule has 1 aromatic carbocycles. The smallest absolute Gasteiger partial charge is 0.244 e. The summed E-state index contributed by atoms with van der Waals surface area (Å²) in [6, 6.07) is 3.21. The minimum atomic E-state index is -3.69. The van der Waals surface area contributed by atoms with Gasteiger partial charge in [0.2, 0.25) is 10.0 Å². The van der Waals surface area contributed by atoms with Gasteiger partial charge in [-0.15, -0.1) is 0 Å². The Hall–Kier alpha value is -0.340. The number of hydrogen-bond donors (Lipinski definition) is 2. The summed E-state index contributed by atoms with van der Waals surface area (Å²) < 4.78 is 33.6. The molecule has 118 valence electrons. The minimum Gasteiger partial charge on any atom is -0.494 e. The Morgan fingerprint density at radius 2 is 2.19 bits per heavy atom. The zero-order valence-corrected chi connectivity index (χ0v) is 15.0. The molecule has 0 spiro atoms. The number of sulfonamides is 1. The maximum absolute atomic E-state index is 12.6. The predicted octanol–water partition coefficient (Wildman–Crippen LogP) is 2.53. The van der Waals surface area contributed by atoms with Crippen molar-refractivity contribution in [3.8, 4) is 5.75 Å². The van der Waals surface area contributed by atoms with E-state index in [4.69, 9.17) is 16.3 Å². The van der Waals surface area contributed by atoms with Crippen LogP contribution >= 0.6 is 27.5 Å². The van der Waals surface area contributed by atoms with Crippen LogP contribution in [0.3, 0.4) is 0 Å². The van der Waals surface area contributed by atoms with Crippen molar-refractivity contribution in [3.63, 3.8) is 0 Å². The molecule has 1 fully saturated rings. The Morgan fingerprint density at radius 1 is 1.48 bits per heavy atom. The van der Waals surface area contributed by atoms with E-state index in [2.05, 4.69) is 26.0 Å². The molecule has 1 aromatic rings. The Balaban J connectivity index is 2.31. The lowest BCUT2D eigenvalue weighted by atomic mass is 10.0. The Labute approximate surface area is 138 Å². The molecule has 21 heavy (non-hydrogen) atoms. The number of piperidine rings is 1. The molecule has 2 atom stereocenters. The molecule has 8 heteroatoms. The normalized spacial score (nSPS) is 23.0. The van der Waals surface area contributed by atoms with Crippen LogP contribution in [0.2, 0.25) is 5.02 Å². The van der Waals surface area contributed by atoms with E-state index in [1.165, 1.54) is 13.2 Å². The highest BCUT2D eigenvalue weighted by Crippen LogP contribution is 2.35. The highest BCUT2D eigenvalue weighted by atomic mass is 79.9. The van der Waals surface area contributed by atoms with Crippen LogP contribution in [0.4, 0.5) is 0 Å². The molecule has 5 nitrogen and oxygen atoms in total. The molecule has 0 aliphatic carbocycles. The fraction of sp³-hybridized carbons (Fsp3) is 0.538. The molecule has 2 rings (SSSR count). The first-order valence-electron chi connectivity index (χ1n) is 6.62. The van der Waals surface area contributed by atoms with Gasteiger partial charge in [0.25, 0.3) is 0 Å². The van der Waals surface area contributed by atoms with Gasteiger partial charge in [0.05, 0.1) is 11.6 Å². The highest BCUT2D eigenvalue weighted by Gasteiger charge is 2.27. The van der Waals surface area contributed by atoms with E-state index in [9.17, 15) is 8.42 Å². The van der Waals surface area contributed by atoms with Crippen molar-refractivity contribution in [2.24, 2.45) is 0 Å². The third-order valence-corrected chi connectivity index (χ3v) is 5.75. The number of nitrogens with one attached hydrogen (secondary N) is 2. The van der Waals surface area contributed by atoms with E-state index < -0.39 is 10.0 Å². The van der Waals surface area contributed by atoms with E-state index in [0.717, 1.165) is 19.4 Å². The summed E-state index contributed by atoms with van der Waals surface area (Å²) in [5, 5.41) is 3.63. The molecule has 0 bridgehead atoms. The van der Waals surface area contributed by atoms with Crippen LogP contribution in [0.15, 0.2) is 21.5 Å². The van der Waals surface area contributed by atoms with Crippen molar-refractivity contribution in [2.75, 3.05) is 13.7 Å². The number of rotatable bonds is 4. The van der Waals surface area contributed by atoms with Crippen LogP contribution < -0.4 is 14.8 Å². The van der Waals surface area contributed by atoms with Gasteiger partial charge < -0.3 is 10.1 Å². The summed E-state index contributed by atoms with van der Waals surface area (Å²) in [5.41, 5.74) is 0. The summed E-state index contributed by atoms with van der Waals surface area (Å²) in [5.74, 6) is 0.258. The van der Waals surface area contributed by atoms with Gasteiger partial charge in [0.15, 0.2) is 5.75 Å². The first kappa shape index (κ1) is 17.0. The van der Waals surface area contributed by atoms with Gasteiger partial charge in [-0.1, -0.05) is 11.6 Å². The predicted molar refractivity (Wildman–Crippen MR) is 86.5 cm³/mol. The van der Waals surface area contributed by atoms with Crippen LogP contribution in [0.1, 0.15) is 19.8 Å². The maximum atomic E-state index is 12.6. The van der Waals surface area contributed by atoms with Gasteiger partial charge in [0, 0.05) is 17.1 Å². The largest absolute Gasteiger partial charge is 0.494 e. The number of hydrogen-bond acceptors (Lipinski definition) is 4. The second-order valence-electron chi connectivity index (χ2n) is 5.12.